The molecule has 0 saturated heterocycles. The van der Waals surface area contributed by atoms with Crippen LogP contribution in [0.4, 0.5) is 0 Å². The van der Waals surface area contributed by atoms with Crippen molar-refractivity contribution in [3.63, 3.8) is 0 Å². The summed E-state index contributed by atoms with van der Waals surface area (Å²) in [6.45, 7) is 6.55. The Hall–Kier alpha value is -2.63. The van der Waals surface area contributed by atoms with Crippen molar-refractivity contribution in [1.82, 2.24) is 0 Å². The van der Waals surface area contributed by atoms with E-state index in [-0.39, 0.29) is 31.1 Å². The molecule has 0 aromatic carbocycles. The predicted octanol–water partition coefficient (Wildman–Crippen LogP) is 21.4. The fourth-order valence-corrected chi connectivity index (χ4v) is 9.34. The number of carbonyl (C=O) groups excluding carboxylic acids is 3. The second kappa shape index (κ2) is 60.9. The van der Waals surface area contributed by atoms with Crippen LogP contribution in [0.15, 0.2) is 48.6 Å². The van der Waals surface area contributed by atoms with Crippen molar-refractivity contribution in [2.75, 3.05) is 13.2 Å². The molecule has 0 aromatic rings. The number of unbranched alkanes of at least 4 members (excludes halogenated alkanes) is 39. The zero-order chi connectivity index (χ0) is 52.2. The summed E-state index contributed by atoms with van der Waals surface area (Å²) in [4.78, 5) is 38.2. The number of rotatable bonds is 58. The van der Waals surface area contributed by atoms with Gasteiger partial charge in [0.25, 0.3) is 0 Å². The van der Waals surface area contributed by atoms with Crippen molar-refractivity contribution in [3.8, 4) is 0 Å². The van der Waals surface area contributed by atoms with E-state index in [9.17, 15) is 14.4 Å². The molecule has 0 bridgehead atoms. The second-order valence-electron chi connectivity index (χ2n) is 21.3. The van der Waals surface area contributed by atoms with Gasteiger partial charge < -0.3 is 14.2 Å². The molecule has 0 radical (unpaired) electrons. The molecule has 0 aliphatic rings. The first kappa shape index (κ1) is 69.4. The Labute approximate surface area is 448 Å². The molecule has 0 fully saturated rings. The Balaban J connectivity index is 4.27. The number of hydrogen-bond acceptors (Lipinski definition) is 6. The lowest BCUT2D eigenvalue weighted by Gasteiger charge is -2.18. The largest absolute Gasteiger partial charge is 0.462 e. The minimum Gasteiger partial charge on any atom is -0.462 e. The van der Waals surface area contributed by atoms with Crippen molar-refractivity contribution in [3.05, 3.63) is 48.6 Å². The van der Waals surface area contributed by atoms with E-state index in [1.54, 1.807) is 0 Å². The molecule has 6 heteroatoms. The van der Waals surface area contributed by atoms with E-state index in [2.05, 4.69) is 69.4 Å². The highest BCUT2D eigenvalue weighted by Crippen LogP contribution is 2.17. The van der Waals surface area contributed by atoms with Gasteiger partial charge in [-0.3, -0.25) is 14.4 Å². The predicted molar refractivity (Wildman–Crippen MR) is 312 cm³/mol. The number of allylic oxidation sites excluding steroid dienone is 8. The third kappa shape index (κ3) is 58.3. The van der Waals surface area contributed by atoms with Crippen molar-refractivity contribution in [2.45, 2.75) is 341 Å². The normalized spacial score (nSPS) is 12.3. The zero-order valence-corrected chi connectivity index (χ0v) is 48.2. The summed E-state index contributed by atoms with van der Waals surface area (Å²) < 4.78 is 16.9. The Kier molecular flexibility index (Phi) is 58.7. The summed E-state index contributed by atoms with van der Waals surface area (Å²) in [6.07, 6.45) is 75.5. The molecule has 0 aliphatic carbocycles. The topological polar surface area (TPSA) is 78.9 Å². The fraction of sp³-hybridized carbons (Fsp3) is 0.833. The Morgan fingerprint density at radius 2 is 0.542 bits per heavy atom. The van der Waals surface area contributed by atoms with E-state index >= 15 is 0 Å². The van der Waals surface area contributed by atoms with Gasteiger partial charge >= 0.3 is 17.9 Å². The smallest absolute Gasteiger partial charge is 0.306 e. The summed E-state index contributed by atoms with van der Waals surface area (Å²) >= 11 is 0. The molecule has 0 N–H and O–H groups in total. The van der Waals surface area contributed by atoms with Gasteiger partial charge in [0.15, 0.2) is 6.10 Å². The van der Waals surface area contributed by atoms with Crippen LogP contribution in [0.3, 0.4) is 0 Å². The summed E-state index contributed by atoms with van der Waals surface area (Å²) in [6, 6.07) is 0. The maximum Gasteiger partial charge on any atom is 0.306 e. The monoisotopic (exact) mass is 1010 g/mol. The van der Waals surface area contributed by atoms with Gasteiger partial charge in [0.05, 0.1) is 0 Å². The van der Waals surface area contributed by atoms with Gasteiger partial charge in [0, 0.05) is 19.3 Å². The number of carbonyl (C=O) groups is 3. The van der Waals surface area contributed by atoms with Crippen LogP contribution in [-0.2, 0) is 28.6 Å². The van der Waals surface area contributed by atoms with Crippen molar-refractivity contribution in [2.24, 2.45) is 0 Å². The Morgan fingerprint density at radius 3 is 0.861 bits per heavy atom. The molecule has 0 spiro atoms. The standard InChI is InChI=1S/C66H120O6/c1-4-7-10-13-16-19-22-25-28-29-30-31-32-33-34-35-36-39-41-44-47-50-53-56-59-65(68)71-62-63(72-66(69)60-57-54-51-48-45-42-38-27-24-21-18-15-12-9-6-3)61-70-64(67)58-55-52-49-46-43-40-37-26-23-20-17-14-11-8-5-2/h9,12,18,21,26-27,37-38,63H,4-8,10-11,13-17,19-20,22-25,28-36,39-62H2,1-3H3/b12-9-,21-18-,37-26-,38-27-. The Morgan fingerprint density at radius 1 is 0.292 bits per heavy atom. The molecule has 0 heterocycles. The highest BCUT2D eigenvalue weighted by molar-refractivity contribution is 5.71. The van der Waals surface area contributed by atoms with E-state index < -0.39 is 6.10 Å². The summed E-state index contributed by atoms with van der Waals surface area (Å²) in [5.74, 6) is -0.887. The molecule has 0 rings (SSSR count). The van der Waals surface area contributed by atoms with Gasteiger partial charge in [-0.1, -0.05) is 288 Å². The van der Waals surface area contributed by atoms with E-state index in [0.717, 1.165) is 103 Å². The van der Waals surface area contributed by atoms with Crippen LogP contribution in [0.5, 0.6) is 0 Å². The van der Waals surface area contributed by atoms with E-state index in [1.165, 1.54) is 193 Å². The van der Waals surface area contributed by atoms with Crippen LogP contribution in [-0.4, -0.2) is 37.2 Å². The zero-order valence-electron chi connectivity index (χ0n) is 48.2. The van der Waals surface area contributed by atoms with Crippen LogP contribution < -0.4 is 0 Å². The first-order chi connectivity index (χ1) is 35.5. The van der Waals surface area contributed by atoms with Crippen LogP contribution in [0.2, 0.25) is 0 Å². The first-order valence-corrected chi connectivity index (χ1v) is 31.6. The third-order valence-corrected chi connectivity index (χ3v) is 14.1. The van der Waals surface area contributed by atoms with E-state index in [0.29, 0.717) is 19.3 Å². The summed E-state index contributed by atoms with van der Waals surface area (Å²) in [5, 5.41) is 0. The molecule has 1 atom stereocenters. The Bertz CT molecular complexity index is 1250. The fourth-order valence-electron chi connectivity index (χ4n) is 9.34. The quantitative estimate of drug-likeness (QED) is 0.0261. The van der Waals surface area contributed by atoms with Crippen molar-refractivity contribution in [1.29, 1.82) is 0 Å². The molecular weight excluding hydrogens is 889 g/mol. The lowest BCUT2D eigenvalue weighted by Crippen LogP contribution is -2.30. The van der Waals surface area contributed by atoms with Gasteiger partial charge in [0.2, 0.25) is 0 Å². The number of esters is 3. The molecule has 0 saturated carbocycles. The molecule has 0 amide bonds. The van der Waals surface area contributed by atoms with Gasteiger partial charge in [0.1, 0.15) is 13.2 Å². The minimum atomic E-state index is -0.784. The highest BCUT2D eigenvalue weighted by Gasteiger charge is 2.19. The van der Waals surface area contributed by atoms with E-state index in [4.69, 9.17) is 14.2 Å². The van der Waals surface area contributed by atoms with Crippen LogP contribution in [0.25, 0.3) is 0 Å². The molecule has 420 valence electrons. The summed E-state index contributed by atoms with van der Waals surface area (Å²) in [5.41, 5.74) is 0. The van der Waals surface area contributed by atoms with Gasteiger partial charge in [-0.05, 0) is 77.0 Å². The first-order valence-electron chi connectivity index (χ1n) is 31.6. The molecular formula is C66H120O6. The number of ether oxygens (including phenoxy) is 3. The van der Waals surface area contributed by atoms with Crippen LogP contribution >= 0.6 is 0 Å². The highest BCUT2D eigenvalue weighted by atomic mass is 16.6. The van der Waals surface area contributed by atoms with Crippen LogP contribution in [0.1, 0.15) is 335 Å². The number of hydrogen-bond donors (Lipinski definition) is 0. The van der Waals surface area contributed by atoms with Gasteiger partial charge in [-0.25, -0.2) is 0 Å². The lowest BCUT2D eigenvalue weighted by atomic mass is 10.0. The average Bonchev–Trinajstić information content (AvgIpc) is 3.38. The van der Waals surface area contributed by atoms with Gasteiger partial charge in [-0.2, -0.15) is 0 Å². The second-order valence-corrected chi connectivity index (χ2v) is 21.3. The average molecular weight is 1010 g/mol. The maximum atomic E-state index is 12.9. The van der Waals surface area contributed by atoms with Crippen molar-refractivity contribution >= 4 is 17.9 Å². The molecule has 6 nitrogen and oxygen atoms in total. The maximum absolute atomic E-state index is 12.9. The minimum absolute atomic E-state index is 0.0795. The molecule has 72 heavy (non-hydrogen) atoms. The molecule has 1 unspecified atom stereocenters. The van der Waals surface area contributed by atoms with Crippen LogP contribution in [0, 0.1) is 0 Å². The summed E-state index contributed by atoms with van der Waals surface area (Å²) in [7, 11) is 0. The molecule has 0 aliphatic heterocycles. The van der Waals surface area contributed by atoms with E-state index in [1.807, 2.05) is 0 Å². The third-order valence-electron chi connectivity index (χ3n) is 14.1. The molecule has 0 aromatic heterocycles. The lowest BCUT2D eigenvalue weighted by molar-refractivity contribution is -0.167. The van der Waals surface area contributed by atoms with Crippen molar-refractivity contribution < 1.29 is 28.6 Å². The van der Waals surface area contributed by atoms with Gasteiger partial charge in [-0.15, -0.1) is 0 Å². The SMILES string of the molecule is CC/C=C\C/C=C\C/C=C\CCCCCCCC(=O)OC(COC(=O)CCCCCCC/C=C\CCCCCCCC)COC(=O)CCCCCCCCCCCCCCCCCCCCCCCCCC.